The van der Waals surface area contributed by atoms with Crippen LogP contribution in [0.1, 0.15) is 0 Å². The molecule has 2 N–H and O–H groups in total. The number of nitrogens with one attached hydrogen (secondary N) is 1. The predicted octanol–water partition coefficient (Wildman–Crippen LogP) is 0.620. The molecule has 0 spiro atoms. The molecular weight excluding hydrogens is 164 g/mol. The molecule has 0 saturated carbocycles. The average molecular weight is 178 g/mol. The molecule has 1 fully saturated rings. The first-order chi connectivity index (χ1) is 6.40. The van der Waals surface area contributed by atoms with Gasteiger partial charge in [-0.1, -0.05) is 18.2 Å². The van der Waals surface area contributed by atoms with Crippen molar-refractivity contribution < 1.29 is 5.11 Å². The van der Waals surface area contributed by atoms with E-state index in [9.17, 15) is 0 Å². The number of anilines is 1. The lowest BCUT2D eigenvalue weighted by Gasteiger charge is -2.17. The second kappa shape index (κ2) is 3.77. The maximum Gasteiger partial charge on any atom is 0.0519 e. The van der Waals surface area contributed by atoms with Crippen LogP contribution < -0.4 is 10.4 Å². The molecule has 3 nitrogen and oxygen atoms in total. The molecule has 2 rings (SSSR count). The van der Waals surface area contributed by atoms with Gasteiger partial charge in [0, 0.05) is 25.6 Å². The van der Waals surface area contributed by atoms with Crippen LogP contribution in [0.4, 0.5) is 5.69 Å². The molecular formula is C10H14N2O. The van der Waals surface area contributed by atoms with E-state index in [1.54, 1.807) is 0 Å². The van der Waals surface area contributed by atoms with Gasteiger partial charge in [0.25, 0.3) is 0 Å². The lowest BCUT2D eigenvalue weighted by molar-refractivity contribution is 0.244. The lowest BCUT2D eigenvalue weighted by atomic mass is 10.2. The second-order valence-corrected chi connectivity index (χ2v) is 3.36. The highest BCUT2D eigenvalue weighted by atomic mass is 16.3. The number of aliphatic hydroxyl groups is 1. The largest absolute Gasteiger partial charge is 0.396 e. The van der Waals surface area contributed by atoms with E-state index in [2.05, 4.69) is 22.6 Å². The maximum absolute atomic E-state index is 8.96. The molecule has 1 atom stereocenters. The van der Waals surface area contributed by atoms with Gasteiger partial charge < -0.3 is 10.1 Å². The number of rotatable bonds is 2. The third-order valence-corrected chi connectivity index (χ3v) is 2.34. The first kappa shape index (κ1) is 8.53. The van der Waals surface area contributed by atoms with Crippen LogP contribution in [0.5, 0.6) is 0 Å². The van der Waals surface area contributed by atoms with Crippen molar-refractivity contribution in [2.45, 2.75) is 0 Å². The van der Waals surface area contributed by atoms with E-state index < -0.39 is 0 Å². The lowest BCUT2D eigenvalue weighted by Crippen LogP contribution is -2.30. The predicted molar refractivity (Wildman–Crippen MR) is 52.4 cm³/mol. The van der Waals surface area contributed by atoms with Crippen molar-refractivity contribution in [2.75, 3.05) is 24.7 Å². The van der Waals surface area contributed by atoms with Crippen molar-refractivity contribution in [3.63, 3.8) is 0 Å². The van der Waals surface area contributed by atoms with Gasteiger partial charge in [-0.2, -0.15) is 0 Å². The third-order valence-electron chi connectivity index (χ3n) is 2.34. The molecule has 1 aromatic carbocycles. The first-order valence-electron chi connectivity index (χ1n) is 4.57. The number of hydrogen-bond acceptors (Lipinski definition) is 3. The Labute approximate surface area is 78.0 Å². The Morgan fingerprint density at radius 2 is 2.15 bits per heavy atom. The Morgan fingerprint density at radius 3 is 2.77 bits per heavy atom. The van der Waals surface area contributed by atoms with Crippen molar-refractivity contribution in [1.29, 1.82) is 0 Å². The Morgan fingerprint density at radius 1 is 1.38 bits per heavy atom. The summed E-state index contributed by atoms with van der Waals surface area (Å²) >= 11 is 0. The van der Waals surface area contributed by atoms with Crippen molar-refractivity contribution in [3.8, 4) is 0 Å². The quantitative estimate of drug-likeness (QED) is 0.697. The fourth-order valence-electron chi connectivity index (χ4n) is 1.55. The Kier molecular flexibility index (Phi) is 2.47. The van der Waals surface area contributed by atoms with E-state index >= 15 is 0 Å². The molecule has 70 valence electrons. The SMILES string of the molecule is OCC1CNN(c2ccccc2)C1. The van der Waals surface area contributed by atoms with Crippen LogP contribution in [-0.2, 0) is 0 Å². The van der Waals surface area contributed by atoms with Gasteiger partial charge in [0.1, 0.15) is 0 Å². The summed E-state index contributed by atoms with van der Waals surface area (Å²) in [5.74, 6) is 0.361. The van der Waals surface area contributed by atoms with Gasteiger partial charge >= 0.3 is 0 Å². The fraction of sp³-hybridized carbons (Fsp3) is 0.400. The highest BCUT2D eigenvalue weighted by Crippen LogP contribution is 2.16. The zero-order chi connectivity index (χ0) is 9.10. The molecule has 1 aromatic rings. The van der Waals surface area contributed by atoms with E-state index in [1.807, 2.05) is 18.2 Å². The number of nitrogens with zero attached hydrogens (tertiary/aromatic N) is 1. The summed E-state index contributed by atoms with van der Waals surface area (Å²) in [4.78, 5) is 0. The average Bonchev–Trinajstić information content (AvgIpc) is 2.67. The van der Waals surface area contributed by atoms with Crippen molar-refractivity contribution in [1.82, 2.24) is 5.43 Å². The van der Waals surface area contributed by atoms with Crippen LogP contribution in [0.2, 0.25) is 0 Å². The topological polar surface area (TPSA) is 35.5 Å². The van der Waals surface area contributed by atoms with Crippen LogP contribution in [0.15, 0.2) is 30.3 Å². The Balaban J connectivity index is 2.04. The van der Waals surface area contributed by atoms with E-state index in [4.69, 9.17) is 5.11 Å². The van der Waals surface area contributed by atoms with Gasteiger partial charge in [-0.15, -0.1) is 0 Å². The molecule has 1 heterocycles. The number of hydrogen-bond donors (Lipinski definition) is 2. The molecule has 3 heteroatoms. The molecule has 0 bridgehead atoms. The molecule has 0 aliphatic carbocycles. The molecule has 1 aliphatic heterocycles. The van der Waals surface area contributed by atoms with Gasteiger partial charge in [0.15, 0.2) is 0 Å². The zero-order valence-electron chi connectivity index (χ0n) is 7.48. The summed E-state index contributed by atoms with van der Waals surface area (Å²) in [6.45, 7) is 2.02. The first-order valence-corrected chi connectivity index (χ1v) is 4.57. The van der Waals surface area contributed by atoms with Crippen LogP contribution in [0.3, 0.4) is 0 Å². The molecule has 0 amide bonds. The monoisotopic (exact) mass is 178 g/mol. The van der Waals surface area contributed by atoms with Crippen molar-refractivity contribution in [3.05, 3.63) is 30.3 Å². The highest BCUT2D eigenvalue weighted by Gasteiger charge is 2.20. The summed E-state index contributed by atoms with van der Waals surface area (Å²) in [6, 6.07) is 10.2. The molecule has 1 unspecified atom stereocenters. The standard InChI is InChI=1S/C10H14N2O/c13-8-9-6-11-12(7-9)10-4-2-1-3-5-10/h1-5,9,11,13H,6-8H2. The van der Waals surface area contributed by atoms with E-state index in [1.165, 1.54) is 5.69 Å². The maximum atomic E-state index is 8.96. The van der Waals surface area contributed by atoms with Crippen molar-refractivity contribution >= 4 is 5.69 Å². The van der Waals surface area contributed by atoms with Crippen LogP contribution in [0, 0.1) is 5.92 Å². The number of hydrazine groups is 1. The van der Waals surface area contributed by atoms with E-state index in [-0.39, 0.29) is 6.61 Å². The minimum absolute atomic E-state index is 0.260. The smallest absolute Gasteiger partial charge is 0.0519 e. The van der Waals surface area contributed by atoms with Gasteiger partial charge in [-0.3, -0.25) is 0 Å². The van der Waals surface area contributed by atoms with E-state index in [0.29, 0.717) is 5.92 Å². The summed E-state index contributed by atoms with van der Waals surface area (Å²) in [5.41, 5.74) is 4.41. The Bertz CT molecular complexity index is 263. The number of benzene rings is 1. The molecule has 13 heavy (non-hydrogen) atoms. The minimum Gasteiger partial charge on any atom is -0.396 e. The van der Waals surface area contributed by atoms with Crippen molar-refractivity contribution in [2.24, 2.45) is 5.92 Å². The van der Waals surface area contributed by atoms with Gasteiger partial charge in [0.2, 0.25) is 0 Å². The third kappa shape index (κ3) is 1.82. The normalized spacial score (nSPS) is 22.2. The van der Waals surface area contributed by atoms with Gasteiger partial charge in [-0.25, -0.2) is 5.43 Å². The van der Waals surface area contributed by atoms with Gasteiger partial charge in [0.05, 0.1) is 5.69 Å². The number of para-hydroxylation sites is 1. The molecule has 0 aromatic heterocycles. The van der Waals surface area contributed by atoms with Crippen LogP contribution in [-0.4, -0.2) is 24.8 Å². The Hall–Kier alpha value is -1.06. The zero-order valence-corrected chi connectivity index (χ0v) is 7.48. The molecule has 0 radical (unpaired) electrons. The molecule has 1 saturated heterocycles. The number of aliphatic hydroxyl groups excluding tert-OH is 1. The fourth-order valence-corrected chi connectivity index (χ4v) is 1.55. The van der Waals surface area contributed by atoms with Crippen LogP contribution >= 0.6 is 0 Å². The summed E-state index contributed by atoms with van der Waals surface area (Å²) in [5, 5.41) is 11.0. The second-order valence-electron chi connectivity index (χ2n) is 3.36. The van der Waals surface area contributed by atoms with Gasteiger partial charge in [-0.05, 0) is 12.1 Å². The molecule has 1 aliphatic rings. The van der Waals surface area contributed by atoms with Crippen LogP contribution in [0.25, 0.3) is 0 Å². The summed E-state index contributed by atoms with van der Waals surface area (Å²) < 4.78 is 0. The highest BCUT2D eigenvalue weighted by molar-refractivity contribution is 5.45. The summed E-state index contributed by atoms with van der Waals surface area (Å²) in [6.07, 6.45) is 0. The van der Waals surface area contributed by atoms with E-state index in [0.717, 1.165) is 13.1 Å². The summed E-state index contributed by atoms with van der Waals surface area (Å²) in [7, 11) is 0. The minimum atomic E-state index is 0.260.